The number of benzene rings is 1. The van der Waals surface area contributed by atoms with Gasteiger partial charge in [-0.1, -0.05) is 6.07 Å². The fourth-order valence-electron chi connectivity index (χ4n) is 2.63. The van der Waals surface area contributed by atoms with Crippen molar-refractivity contribution in [3.05, 3.63) is 23.8 Å². The van der Waals surface area contributed by atoms with Gasteiger partial charge in [-0.25, -0.2) is 0 Å². The topological polar surface area (TPSA) is 59.6 Å². The predicted molar refractivity (Wildman–Crippen MR) is 81.9 cm³/mol. The molecule has 1 aliphatic rings. The number of carbonyl (C=O) groups is 1. The second-order valence-electron chi connectivity index (χ2n) is 5.30. The summed E-state index contributed by atoms with van der Waals surface area (Å²) in [6.45, 7) is 1.83. The molecule has 1 aliphatic heterocycles. The number of amides is 1. The van der Waals surface area contributed by atoms with Crippen molar-refractivity contribution in [3.8, 4) is 11.5 Å². The standard InChI is InChI=1S/C16H24N2O3/c1-20-14-6-5-12(10-15(14)21-2)11-16(19)18-9-7-13-4-3-8-17-13/h5-6,10,13,17H,3-4,7-9,11H2,1-2H3,(H,18,19). The summed E-state index contributed by atoms with van der Waals surface area (Å²) in [5, 5.41) is 6.40. The number of ether oxygens (including phenoxy) is 2. The molecular weight excluding hydrogens is 268 g/mol. The van der Waals surface area contributed by atoms with Crippen molar-refractivity contribution in [3.63, 3.8) is 0 Å². The third kappa shape index (κ3) is 4.63. The third-order valence-corrected chi connectivity index (χ3v) is 3.79. The van der Waals surface area contributed by atoms with Gasteiger partial charge in [0.2, 0.25) is 5.91 Å². The molecule has 21 heavy (non-hydrogen) atoms. The van der Waals surface area contributed by atoms with Gasteiger partial charge >= 0.3 is 0 Å². The van der Waals surface area contributed by atoms with Gasteiger partial charge in [0.15, 0.2) is 11.5 Å². The molecule has 116 valence electrons. The van der Waals surface area contributed by atoms with E-state index in [2.05, 4.69) is 10.6 Å². The van der Waals surface area contributed by atoms with Gasteiger partial charge in [0.1, 0.15) is 0 Å². The molecule has 0 bridgehead atoms. The molecule has 1 aromatic carbocycles. The molecule has 1 atom stereocenters. The fraction of sp³-hybridized carbons (Fsp3) is 0.562. The molecule has 2 N–H and O–H groups in total. The van der Waals surface area contributed by atoms with Crippen LogP contribution in [0, 0.1) is 0 Å². The predicted octanol–water partition coefficient (Wildman–Crippen LogP) is 1.50. The number of nitrogens with one attached hydrogen (secondary N) is 2. The Bertz CT molecular complexity index is 471. The van der Waals surface area contributed by atoms with Gasteiger partial charge in [0.25, 0.3) is 0 Å². The van der Waals surface area contributed by atoms with Crippen molar-refractivity contribution < 1.29 is 14.3 Å². The van der Waals surface area contributed by atoms with E-state index in [9.17, 15) is 4.79 Å². The zero-order chi connectivity index (χ0) is 15.1. The number of hydrogen-bond donors (Lipinski definition) is 2. The lowest BCUT2D eigenvalue weighted by Gasteiger charge is -2.12. The van der Waals surface area contributed by atoms with Crippen LogP contribution in [0.15, 0.2) is 18.2 Å². The molecular formula is C16H24N2O3. The Labute approximate surface area is 126 Å². The zero-order valence-corrected chi connectivity index (χ0v) is 12.8. The summed E-state index contributed by atoms with van der Waals surface area (Å²) in [5.41, 5.74) is 0.921. The van der Waals surface area contributed by atoms with Gasteiger partial charge < -0.3 is 20.1 Å². The van der Waals surface area contributed by atoms with Crippen LogP contribution >= 0.6 is 0 Å². The molecule has 1 unspecified atom stereocenters. The Morgan fingerprint density at radius 3 is 2.81 bits per heavy atom. The lowest BCUT2D eigenvalue weighted by Crippen LogP contribution is -2.31. The maximum absolute atomic E-state index is 11.9. The van der Waals surface area contributed by atoms with Crippen molar-refractivity contribution in [2.24, 2.45) is 0 Å². The first-order valence-corrected chi connectivity index (χ1v) is 7.44. The molecule has 0 aromatic heterocycles. The van der Waals surface area contributed by atoms with Crippen LogP contribution in [-0.4, -0.2) is 39.3 Å². The summed E-state index contributed by atoms with van der Waals surface area (Å²) >= 11 is 0. The highest BCUT2D eigenvalue weighted by Crippen LogP contribution is 2.27. The number of rotatable bonds is 7. The van der Waals surface area contributed by atoms with Crippen LogP contribution < -0.4 is 20.1 Å². The first-order valence-electron chi connectivity index (χ1n) is 7.44. The van der Waals surface area contributed by atoms with E-state index < -0.39 is 0 Å². The van der Waals surface area contributed by atoms with Crippen molar-refractivity contribution in [1.29, 1.82) is 0 Å². The Morgan fingerprint density at radius 1 is 1.33 bits per heavy atom. The SMILES string of the molecule is COc1ccc(CC(=O)NCCC2CCCN2)cc1OC. The maximum atomic E-state index is 11.9. The van der Waals surface area contributed by atoms with Crippen molar-refractivity contribution in [2.45, 2.75) is 31.7 Å². The second kappa shape index (κ2) is 7.88. The minimum absolute atomic E-state index is 0.0419. The Kier molecular flexibility index (Phi) is 5.87. The van der Waals surface area contributed by atoms with Gasteiger partial charge in [0, 0.05) is 12.6 Å². The second-order valence-corrected chi connectivity index (χ2v) is 5.30. The highest BCUT2D eigenvalue weighted by atomic mass is 16.5. The van der Waals surface area contributed by atoms with Gasteiger partial charge in [-0.2, -0.15) is 0 Å². The minimum atomic E-state index is 0.0419. The molecule has 0 radical (unpaired) electrons. The van der Waals surface area contributed by atoms with E-state index in [0.29, 0.717) is 24.0 Å². The van der Waals surface area contributed by atoms with E-state index in [0.717, 1.165) is 25.1 Å². The van der Waals surface area contributed by atoms with Crippen LogP contribution in [0.25, 0.3) is 0 Å². The van der Waals surface area contributed by atoms with Crippen LogP contribution in [0.3, 0.4) is 0 Å². The van der Waals surface area contributed by atoms with Gasteiger partial charge in [-0.05, 0) is 43.5 Å². The van der Waals surface area contributed by atoms with Gasteiger partial charge in [0.05, 0.1) is 20.6 Å². The van der Waals surface area contributed by atoms with Crippen LogP contribution in [0.4, 0.5) is 0 Å². The van der Waals surface area contributed by atoms with Crippen LogP contribution in [-0.2, 0) is 11.2 Å². The molecule has 0 saturated carbocycles. The molecule has 1 aromatic rings. The summed E-state index contributed by atoms with van der Waals surface area (Å²) in [6, 6.07) is 6.12. The normalized spacial score (nSPS) is 17.5. The van der Waals surface area contributed by atoms with Crippen molar-refractivity contribution in [2.75, 3.05) is 27.3 Å². The van der Waals surface area contributed by atoms with E-state index >= 15 is 0 Å². The maximum Gasteiger partial charge on any atom is 0.224 e. The largest absolute Gasteiger partial charge is 0.493 e. The molecule has 1 heterocycles. The zero-order valence-electron chi connectivity index (χ0n) is 12.8. The van der Waals surface area contributed by atoms with Gasteiger partial charge in [-0.3, -0.25) is 4.79 Å². The van der Waals surface area contributed by atoms with E-state index in [1.165, 1.54) is 12.8 Å². The third-order valence-electron chi connectivity index (χ3n) is 3.79. The Hall–Kier alpha value is -1.75. The molecule has 1 amide bonds. The molecule has 2 rings (SSSR count). The van der Waals surface area contributed by atoms with Crippen LogP contribution in [0.2, 0.25) is 0 Å². The van der Waals surface area contributed by atoms with E-state index in [1.54, 1.807) is 14.2 Å². The molecule has 1 fully saturated rings. The Morgan fingerprint density at radius 2 is 2.14 bits per heavy atom. The summed E-state index contributed by atoms with van der Waals surface area (Å²) in [6.07, 6.45) is 3.81. The number of carbonyl (C=O) groups excluding carboxylic acids is 1. The molecule has 0 aliphatic carbocycles. The van der Waals surface area contributed by atoms with E-state index in [1.807, 2.05) is 18.2 Å². The van der Waals surface area contributed by atoms with Crippen LogP contribution in [0.5, 0.6) is 11.5 Å². The molecule has 1 saturated heterocycles. The summed E-state index contributed by atoms with van der Waals surface area (Å²) in [5.74, 6) is 1.37. The lowest BCUT2D eigenvalue weighted by molar-refractivity contribution is -0.120. The fourth-order valence-corrected chi connectivity index (χ4v) is 2.63. The summed E-state index contributed by atoms with van der Waals surface area (Å²) < 4.78 is 10.4. The van der Waals surface area contributed by atoms with Crippen molar-refractivity contribution in [1.82, 2.24) is 10.6 Å². The lowest BCUT2D eigenvalue weighted by atomic mass is 10.1. The first-order chi connectivity index (χ1) is 10.2. The first kappa shape index (κ1) is 15.6. The van der Waals surface area contributed by atoms with Gasteiger partial charge in [-0.15, -0.1) is 0 Å². The average Bonchev–Trinajstić information content (AvgIpc) is 3.00. The minimum Gasteiger partial charge on any atom is -0.493 e. The van der Waals surface area contributed by atoms with E-state index in [-0.39, 0.29) is 5.91 Å². The highest BCUT2D eigenvalue weighted by molar-refractivity contribution is 5.78. The monoisotopic (exact) mass is 292 g/mol. The molecule has 5 heteroatoms. The number of hydrogen-bond acceptors (Lipinski definition) is 4. The van der Waals surface area contributed by atoms with E-state index in [4.69, 9.17) is 9.47 Å². The Balaban J connectivity index is 1.78. The van der Waals surface area contributed by atoms with Crippen LogP contribution in [0.1, 0.15) is 24.8 Å². The number of methoxy groups -OCH3 is 2. The smallest absolute Gasteiger partial charge is 0.224 e. The summed E-state index contributed by atoms with van der Waals surface area (Å²) in [7, 11) is 3.19. The highest BCUT2D eigenvalue weighted by Gasteiger charge is 2.14. The summed E-state index contributed by atoms with van der Waals surface area (Å²) in [4.78, 5) is 11.9. The molecule has 0 spiro atoms. The van der Waals surface area contributed by atoms with Crippen molar-refractivity contribution >= 4 is 5.91 Å². The average molecular weight is 292 g/mol. The quantitative estimate of drug-likeness (QED) is 0.799. The molecule has 5 nitrogen and oxygen atoms in total.